The molecule has 3 N–H and O–H groups in total. The molecule has 1 saturated carbocycles. The van der Waals surface area contributed by atoms with Crippen LogP contribution in [-0.2, 0) is 6.54 Å². The molecule has 0 bridgehead atoms. The summed E-state index contributed by atoms with van der Waals surface area (Å²) in [5.41, 5.74) is 2.69. The Hall–Kier alpha value is -3.06. The maximum absolute atomic E-state index is 13.4. The average Bonchev–Trinajstić information content (AvgIpc) is 2.75. The van der Waals surface area contributed by atoms with Gasteiger partial charge in [0.1, 0.15) is 23.3 Å². The van der Waals surface area contributed by atoms with Crippen molar-refractivity contribution >= 4 is 28.9 Å². The molecule has 2 aromatic heterocycles. The number of pyridine rings is 2. The molecule has 0 radical (unpaired) electrons. The van der Waals surface area contributed by atoms with Crippen LogP contribution < -0.4 is 10.6 Å². The van der Waals surface area contributed by atoms with Crippen LogP contribution in [0.4, 0.5) is 20.4 Å². The van der Waals surface area contributed by atoms with Crippen LogP contribution in [0.2, 0.25) is 5.02 Å². The van der Waals surface area contributed by atoms with Crippen LogP contribution in [0.5, 0.6) is 0 Å². The second-order valence-corrected chi connectivity index (χ2v) is 8.02. The Bertz CT molecular complexity index is 1070. The summed E-state index contributed by atoms with van der Waals surface area (Å²) < 4.78 is 26.8. The van der Waals surface area contributed by atoms with Crippen LogP contribution in [0.3, 0.4) is 0 Å². The molecule has 0 aliphatic heterocycles. The largest absolute Gasteiger partial charge is 0.367 e. The first-order valence-electron chi connectivity index (χ1n) is 10.1. The Balaban J connectivity index is 1.49. The number of rotatable bonds is 6. The Kier molecular flexibility index (Phi) is 6.42. The van der Waals surface area contributed by atoms with Gasteiger partial charge in [-0.15, -0.1) is 0 Å². The first-order valence-corrected chi connectivity index (χ1v) is 10.5. The minimum Gasteiger partial charge on any atom is -0.367 e. The summed E-state index contributed by atoms with van der Waals surface area (Å²) in [6.07, 6.45) is 5.04. The second kappa shape index (κ2) is 9.39. The van der Waals surface area contributed by atoms with Crippen LogP contribution in [0.15, 0.2) is 48.7 Å². The number of benzene rings is 1. The van der Waals surface area contributed by atoms with E-state index in [-0.39, 0.29) is 12.6 Å². The monoisotopic (exact) mass is 441 g/mol. The average molecular weight is 442 g/mol. The third-order valence-electron chi connectivity index (χ3n) is 5.22. The van der Waals surface area contributed by atoms with Crippen molar-refractivity contribution in [2.45, 2.75) is 38.3 Å². The minimum atomic E-state index is -0.614. The van der Waals surface area contributed by atoms with Crippen molar-refractivity contribution in [1.82, 2.24) is 9.97 Å². The van der Waals surface area contributed by atoms with Crippen molar-refractivity contribution in [3.05, 3.63) is 70.9 Å². The molecular weight excluding hydrogens is 420 g/mol. The second-order valence-electron chi connectivity index (χ2n) is 7.61. The third kappa shape index (κ3) is 5.55. The quantitative estimate of drug-likeness (QED) is 0.434. The van der Waals surface area contributed by atoms with E-state index in [2.05, 4.69) is 20.6 Å². The highest BCUT2D eigenvalue weighted by molar-refractivity contribution is 6.33. The lowest BCUT2D eigenvalue weighted by atomic mass is 9.94. The molecule has 5 nitrogen and oxygen atoms in total. The lowest BCUT2D eigenvalue weighted by Gasteiger charge is -2.24. The highest BCUT2D eigenvalue weighted by Gasteiger charge is 2.17. The van der Waals surface area contributed by atoms with Crippen LogP contribution in [0.25, 0.3) is 11.3 Å². The van der Waals surface area contributed by atoms with Crippen LogP contribution >= 0.6 is 11.6 Å². The Morgan fingerprint density at radius 2 is 1.77 bits per heavy atom. The topological polar surface area (TPSA) is 73.7 Å². The fourth-order valence-electron chi connectivity index (χ4n) is 3.62. The van der Waals surface area contributed by atoms with Gasteiger partial charge in [0.2, 0.25) is 0 Å². The molecular formula is C23H22ClF2N5. The van der Waals surface area contributed by atoms with Gasteiger partial charge >= 0.3 is 0 Å². The van der Waals surface area contributed by atoms with Gasteiger partial charge in [-0.3, -0.25) is 0 Å². The van der Waals surface area contributed by atoms with E-state index in [0.29, 0.717) is 27.9 Å². The van der Waals surface area contributed by atoms with Crippen molar-refractivity contribution in [3.63, 3.8) is 0 Å². The van der Waals surface area contributed by atoms with Gasteiger partial charge in [0.15, 0.2) is 0 Å². The zero-order chi connectivity index (χ0) is 21.8. The zero-order valence-corrected chi connectivity index (χ0v) is 17.5. The molecule has 1 aliphatic carbocycles. The molecule has 0 unspecified atom stereocenters. The third-order valence-corrected chi connectivity index (χ3v) is 5.52. The molecule has 3 aromatic rings. The van der Waals surface area contributed by atoms with Gasteiger partial charge in [0.05, 0.1) is 10.7 Å². The van der Waals surface area contributed by atoms with Gasteiger partial charge in [-0.25, -0.2) is 18.7 Å². The van der Waals surface area contributed by atoms with Gasteiger partial charge in [-0.1, -0.05) is 17.7 Å². The first kappa shape index (κ1) is 21.2. The normalized spacial score (nSPS) is 16.2. The van der Waals surface area contributed by atoms with Crippen molar-refractivity contribution in [2.24, 2.45) is 0 Å². The number of halogens is 3. The smallest absolute Gasteiger partial charge is 0.126 e. The van der Waals surface area contributed by atoms with Gasteiger partial charge < -0.3 is 16.0 Å². The Morgan fingerprint density at radius 1 is 1.03 bits per heavy atom. The Labute approximate surface area is 184 Å². The summed E-state index contributed by atoms with van der Waals surface area (Å²) in [4.78, 5) is 8.98. The van der Waals surface area contributed by atoms with Crippen molar-refractivity contribution in [3.8, 4) is 11.3 Å². The lowest BCUT2D eigenvalue weighted by Crippen LogP contribution is -2.26. The molecule has 8 heteroatoms. The van der Waals surface area contributed by atoms with E-state index in [4.69, 9.17) is 17.0 Å². The van der Waals surface area contributed by atoms with E-state index in [1.54, 1.807) is 12.3 Å². The molecule has 4 rings (SSSR count). The van der Waals surface area contributed by atoms with Crippen LogP contribution in [0, 0.1) is 17.0 Å². The number of nitrogens with one attached hydrogen (secondary N) is 3. The fraction of sp³-hybridized carbons (Fsp3) is 0.261. The summed E-state index contributed by atoms with van der Waals surface area (Å²) in [5.74, 6) is 0.0532. The van der Waals surface area contributed by atoms with Gasteiger partial charge in [-0.05, 0) is 61.6 Å². The summed E-state index contributed by atoms with van der Waals surface area (Å²) in [5, 5.41) is 14.8. The molecule has 0 atom stereocenters. The van der Waals surface area contributed by atoms with E-state index in [0.717, 1.165) is 43.0 Å². The standard InChI is InChI=1S/C23H22ClF2N5/c24-20-13-29-23(30-18-6-4-17(27)5-7-18)11-19(20)21-2-1-3-22(31-21)28-12-14-8-15(25)10-16(26)9-14/h1-3,8-11,13,18,27H,4-7,12H2,(H,28,31)(H,29,30). The minimum absolute atomic E-state index is 0.235. The maximum atomic E-state index is 13.4. The molecule has 0 spiro atoms. The fourth-order valence-corrected chi connectivity index (χ4v) is 3.82. The lowest BCUT2D eigenvalue weighted by molar-refractivity contribution is 0.580. The summed E-state index contributed by atoms with van der Waals surface area (Å²) in [7, 11) is 0. The molecule has 1 aromatic carbocycles. The summed E-state index contributed by atoms with van der Waals surface area (Å²) in [6.45, 7) is 0.235. The predicted molar refractivity (Wildman–Crippen MR) is 120 cm³/mol. The molecule has 160 valence electrons. The van der Waals surface area contributed by atoms with Crippen LogP contribution in [0.1, 0.15) is 31.2 Å². The van der Waals surface area contributed by atoms with Gasteiger partial charge in [-0.2, -0.15) is 0 Å². The summed E-state index contributed by atoms with van der Waals surface area (Å²) in [6, 6.07) is 11.0. The number of aromatic nitrogens is 2. The SMILES string of the molecule is N=C1CCC(Nc2cc(-c3cccc(NCc4cc(F)cc(F)c4)n3)c(Cl)cn2)CC1. The van der Waals surface area contributed by atoms with E-state index in [1.165, 1.54) is 12.1 Å². The van der Waals surface area contributed by atoms with Crippen molar-refractivity contribution in [2.75, 3.05) is 10.6 Å². The Morgan fingerprint density at radius 3 is 2.52 bits per heavy atom. The van der Waals surface area contributed by atoms with Gasteiger partial charge in [0.25, 0.3) is 0 Å². The van der Waals surface area contributed by atoms with Crippen molar-refractivity contribution in [1.29, 1.82) is 5.41 Å². The van der Waals surface area contributed by atoms with E-state index >= 15 is 0 Å². The molecule has 31 heavy (non-hydrogen) atoms. The molecule has 0 saturated heterocycles. The predicted octanol–water partition coefficient (Wildman–Crippen LogP) is 6.06. The highest BCUT2D eigenvalue weighted by Crippen LogP contribution is 2.30. The molecule has 0 amide bonds. The van der Waals surface area contributed by atoms with Gasteiger partial charge in [0, 0.05) is 36.1 Å². The molecule has 1 fully saturated rings. The number of nitrogens with zero attached hydrogens (tertiary/aromatic N) is 2. The number of hydrogen-bond donors (Lipinski definition) is 3. The van der Waals surface area contributed by atoms with Crippen LogP contribution in [-0.4, -0.2) is 21.7 Å². The number of anilines is 2. The van der Waals surface area contributed by atoms with Crippen molar-refractivity contribution < 1.29 is 8.78 Å². The highest BCUT2D eigenvalue weighted by atomic mass is 35.5. The van der Waals surface area contributed by atoms with E-state index in [9.17, 15) is 8.78 Å². The van der Waals surface area contributed by atoms with E-state index in [1.807, 2.05) is 18.2 Å². The first-order chi connectivity index (χ1) is 15.0. The molecule has 2 heterocycles. The molecule has 1 aliphatic rings. The van der Waals surface area contributed by atoms with E-state index < -0.39 is 11.6 Å². The number of hydrogen-bond acceptors (Lipinski definition) is 5. The maximum Gasteiger partial charge on any atom is 0.126 e. The zero-order valence-electron chi connectivity index (χ0n) is 16.8. The summed E-state index contributed by atoms with van der Waals surface area (Å²) >= 11 is 6.39.